The molecule has 0 aromatic rings. The Morgan fingerprint density at radius 3 is 2.58 bits per heavy atom. The molecule has 1 saturated heterocycles. The fourth-order valence-corrected chi connectivity index (χ4v) is 2.00. The first kappa shape index (κ1) is 15.5. The van der Waals surface area contributed by atoms with Gasteiger partial charge >= 0.3 is 6.09 Å². The third-order valence-corrected chi connectivity index (χ3v) is 2.84. The summed E-state index contributed by atoms with van der Waals surface area (Å²) in [4.78, 5) is 36.0. The zero-order chi connectivity index (χ0) is 14.6. The highest BCUT2D eigenvalue weighted by molar-refractivity contribution is 5.87. The summed E-state index contributed by atoms with van der Waals surface area (Å²) in [6, 6.07) is -1.06. The van der Waals surface area contributed by atoms with E-state index in [0.29, 0.717) is 13.0 Å². The predicted octanol–water partition coefficient (Wildman–Crippen LogP) is 1.09. The van der Waals surface area contributed by atoms with Gasteiger partial charge in [0.2, 0.25) is 5.91 Å². The van der Waals surface area contributed by atoms with Crippen LogP contribution in [0.4, 0.5) is 4.79 Å². The number of amides is 2. The maximum absolute atomic E-state index is 12.1. The highest BCUT2D eigenvalue weighted by Gasteiger charge is 2.32. The maximum Gasteiger partial charge on any atom is 0.408 e. The summed E-state index contributed by atoms with van der Waals surface area (Å²) in [6.45, 7) is 7.40. The lowest BCUT2D eigenvalue weighted by Gasteiger charge is -2.26. The molecular formula is C13H22N2O4. The molecule has 6 heteroatoms. The number of ether oxygens (including phenoxy) is 1. The van der Waals surface area contributed by atoms with Crippen LogP contribution in [0.5, 0.6) is 0 Å². The lowest BCUT2D eigenvalue weighted by molar-refractivity contribution is -0.136. The molecule has 19 heavy (non-hydrogen) atoms. The molecule has 0 aliphatic carbocycles. The largest absolute Gasteiger partial charge is 0.444 e. The Morgan fingerprint density at radius 2 is 2.05 bits per heavy atom. The fraction of sp³-hybridized carbons (Fsp3) is 0.769. The first-order valence-corrected chi connectivity index (χ1v) is 6.50. The summed E-state index contributed by atoms with van der Waals surface area (Å²) in [6.07, 6.45) is 1.66. The number of rotatable bonds is 3. The molecule has 1 fully saturated rings. The number of aldehydes is 1. The van der Waals surface area contributed by atoms with E-state index in [1.807, 2.05) is 0 Å². The SMILES string of the molecule is C[C@H](NC(=O)OC(C)(C)C)C(=O)N1CCC[C@H]1C=O. The Hall–Kier alpha value is -1.59. The van der Waals surface area contributed by atoms with E-state index in [2.05, 4.69) is 5.32 Å². The molecule has 1 heterocycles. The third-order valence-electron chi connectivity index (χ3n) is 2.84. The molecule has 1 aliphatic heterocycles. The highest BCUT2D eigenvalue weighted by Crippen LogP contribution is 2.16. The molecule has 0 unspecified atom stereocenters. The first-order valence-electron chi connectivity index (χ1n) is 6.50. The number of nitrogens with zero attached hydrogens (tertiary/aromatic N) is 1. The van der Waals surface area contributed by atoms with E-state index >= 15 is 0 Å². The van der Waals surface area contributed by atoms with E-state index in [9.17, 15) is 14.4 Å². The van der Waals surface area contributed by atoms with E-state index in [1.54, 1.807) is 27.7 Å². The second-order valence-electron chi connectivity index (χ2n) is 5.75. The Bertz CT molecular complexity index is 362. The van der Waals surface area contributed by atoms with Crippen LogP contribution < -0.4 is 5.32 Å². The number of carbonyl (C=O) groups is 3. The van der Waals surface area contributed by atoms with E-state index in [0.717, 1.165) is 12.7 Å². The van der Waals surface area contributed by atoms with Gasteiger partial charge < -0.3 is 19.7 Å². The summed E-state index contributed by atoms with van der Waals surface area (Å²) in [5.74, 6) is -0.250. The molecule has 0 aromatic heterocycles. The quantitative estimate of drug-likeness (QED) is 0.779. The van der Waals surface area contributed by atoms with Crippen LogP contribution in [0.1, 0.15) is 40.5 Å². The minimum absolute atomic E-state index is 0.250. The van der Waals surface area contributed by atoms with Crippen molar-refractivity contribution in [3.63, 3.8) is 0 Å². The molecule has 6 nitrogen and oxygen atoms in total. The number of likely N-dealkylation sites (tertiary alicyclic amines) is 1. The molecule has 2 amide bonds. The van der Waals surface area contributed by atoms with Crippen LogP contribution in [-0.4, -0.2) is 47.4 Å². The smallest absolute Gasteiger partial charge is 0.408 e. The van der Waals surface area contributed by atoms with Gasteiger partial charge in [-0.1, -0.05) is 0 Å². The summed E-state index contributed by atoms with van der Waals surface area (Å²) < 4.78 is 5.08. The number of nitrogens with one attached hydrogen (secondary N) is 1. The molecule has 2 atom stereocenters. The number of hydrogen-bond donors (Lipinski definition) is 1. The van der Waals surface area contributed by atoms with Crippen molar-refractivity contribution in [2.45, 2.75) is 58.2 Å². The zero-order valence-electron chi connectivity index (χ0n) is 11.9. The molecule has 0 spiro atoms. The molecule has 1 aliphatic rings. The maximum atomic E-state index is 12.1. The molecule has 1 N–H and O–H groups in total. The zero-order valence-corrected chi connectivity index (χ0v) is 11.9. The Morgan fingerprint density at radius 1 is 1.42 bits per heavy atom. The Balaban J connectivity index is 2.53. The molecule has 1 rings (SSSR count). The highest BCUT2D eigenvalue weighted by atomic mass is 16.6. The first-order chi connectivity index (χ1) is 8.74. The molecule has 0 saturated carbocycles. The topological polar surface area (TPSA) is 75.7 Å². The van der Waals surface area contributed by atoms with E-state index in [4.69, 9.17) is 4.74 Å². The summed E-state index contributed by atoms with van der Waals surface area (Å²) >= 11 is 0. The lowest BCUT2D eigenvalue weighted by atomic mass is 10.2. The van der Waals surface area contributed by atoms with Gasteiger partial charge in [0.25, 0.3) is 0 Å². The van der Waals surface area contributed by atoms with Gasteiger partial charge in [-0.15, -0.1) is 0 Å². The van der Waals surface area contributed by atoms with Crippen molar-refractivity contribution < 1.29 is 19.1 Å². The van der Waals surface area contributed by atoms with Crippen molar-refractivity contribution >= 4 is 18.3 Å². The molecular weight excluding hydrogens is 248 g/mol. The summed E-state index contributed by atoms with van der Waals surface area (Å²) in [5, 5.41) is 2.49. The van der Waals surface area contributed by atoms with Crippen molar-refractivity contribution in [3.05, 3.63) is 0 Å². The molecule has 0 bridgehead atoms. The minimum Gasteiger partial charge on any atom is -0.444 e. The minimum atomic E-state index is -0.699. The van der Waals surface area contributed by atoms with Crippen molar-refractivity contribution in [2.24, 2.45) is 0 Å². The number of carbonyl (C=O) groups excluding carboxylic acids is 3. The van der Waals surface area contributed by atoms with Gasteiger partial charge in [0, 0.05) is 6.54 Å². The average molecular weight is 270 g/mol. The predicted molar refractivity (Wildman–Crippen MR) is 69.6 cm³/mol. The van der Waals surface area contributed by atoms with E-state index in [-0.39, 0.29) is 11.9 Å². The van der Waals surface area contributed by atoms with E-state index < -0.39 is 17.7 Å². The van der Waals surface area contributed by atoms with Crippen LogP contribution in [0.25, 0.3) is 0 Å². The molecule has 0 aromatic carbocycles. The Kier molecular flexibility index (Phi) is 4.91. The summed E-state index contributed by atoms with van der Waals surface area (Å²) in [7, 11) is 0. The fourth-order valence-electron chi connectivity index (χ4n) is 2.00. The molecule has 0 radical (unpaired) electrons. The van der Waals surface area contributed by atoms with Gasteiger partial charge in [-0.3, -0.25) is 4.79 Å². The second-order valence-corrected chi connectivity index (χ2v) is 5.75. The van der Waals surface area contributed by atoms with Crippen molar-refractivity contribution in [1.29, 1.82) is 0 Å². The van der Waals surface area contributed by atoms with Crippen LogP contribution in [-0.2, 0) is 14.3 Å². The van der Waals surface area contributed by atoms with Gasteiger partial charge in [0.15, 0.2) is 0 Å². The van der Waals surface area contributed by atoms with Crippen LogP contribution in [0.15, 0.2) is 0 Å². The van der Waals surface area contributed by atoms with Gasteiger partial charge in [-0.25, -0.2) is 4.79 Å². The molecule has 108 valence electrons. The summed E-state index contributed by atoms with van der Waals surface area (Å²) in [5.41, 5.74) is -0.605. The lowest BCUT2D eigenvalue weighted by Crippen LogP contribution is -2.49. The Labute approximate surface area is 113 Å². The van der Waals surface area contributed by atoms with Gasteiger partial charge in [0.05, 0.1) is 6.04 Å². The second kappa shape index (κ2) is 6.04. The third kappa shape index (κ3) is 4.54. The monoisotopic (exact) mass is 270 g/mol. The number of hydrogen-bond acceptors (Lipinski definition) is 4. The van der Waals surface area contributed by atoms with Gasteiger partial charge in [0.1, 0.15) is 17.9 Å². The average Bonchev–Trinajstić information content (AvgIpc) is 2.72. The van der Waals surface area contributed by atoms with Gasteiger partial charge in [-0.2, -0.15) is 0 Å². The van der Waals surface area contributed by atoms with Crippen LogP contribution >= 0.6 is 0 Å². The number of alkyl carbamates (subject to hydrolysis) is 1. The van der Waals surface area contributed by atoms with E-state index in [1.165, 1.54) is 4.90 Å². The standard InChI is InChI=1S/C13H22N2O4/c1-9(14-12(18)19-13(2,3)4)11(17)15-7-5-6-10(15)8-16/h8-10H,5-7H2,1-4H3,(H,14,18)/t9-,10-/m0/s1. The normalized spacial score (nSPS) is 20.8. The van der Waals surface area contributed by atoms with Crippen LogP contribution in [0, 0.1) is 0 Å². The van der Waals surface area contributed by atoms with Crippen molar-refractivity contribution in [1.82, 2.24) is 10.2 Å². The van der Waals surface area contributed by atoms with Crippen molar-refractivity contribution in [3.8, 4) is 0 Å². The van der Waals surface area contributed by atoms with Crippen LogP contribution in [0.2, 0.25) is 0 Å². The van der Waals surface area contributed by atoms with Crippen LogP contribution in [0.3, 0.4) is 0 Å². The van der Waals surface area contributed by atoms with Gasteiger partial charge in [-0.05, 0) is 40.5 Å². The van der Waals surface area contributed by atoms with Crippen molar-refractivity contribution in [2.75, 3.05) is 6.54 Å².